The van der Waals surface area contributed by atoms with Gasteiger partial charge in [0.05, 0.1) is 20.1 Å². The average molecular weight is 558 g/mol. The number of carbonyl (C=O) groups is 2. The molecule has 6 heteroatoms. The molecule has 0 spiro atoms. The number of fused-ring (bicyclic) bond motifs is 5. The summed E-state index contributed by atoms with van der Waals surface area (Å²) in [5.74, 6) is 2.50. The number of carbonyl (C=O) groups excluding carboxylic acids is 2. The molecule has 6 aliphatic rings. The fraction of sp³-hybridized carbons (Fsp3) is 0.941. The minimum Gasteiger partial charge on any atom is -0.461 e. The Morgan fingerprint density at radius 2 is 1.48 bits per heavy atom. The van der Waals surface area contributed by atoms with Gasteiger partial charge in [-0.2, -0.15) is 0 Å². The van der Waals surface area contributed by atoms with Crippen molar-refractivity contribution in [1.29, 1.82) is 0 Å². The van der Waals surface area contributed by atoms with Crippen LogP contribution in [-0.2, 0) is 19.1 Å². The zero-order chi connectivity index (χ0) is 28.3. The Morgan fingerprint density at radius 1 is 0.800 bits per heavy atom. The maximum atomic E-state index is 12.5. The molecule has 4 saturated carbocycles. The number of likely N-dealkylation sites (tertiary alicyclic amines) is 2. The Balaban J connectivity index is 1.29. The normalized spacial score (nSPS) is 46.9. The molecule has 4 aliphatic carbocycles. The standard InChI is InChI=1S/C34H57N2O4/c1-23(37)39-31-20-25-12-13-26-27(34(25,4)22-29(31)35-16-8-6-9-17-35)14-15-33(3)28(26)21-30(32(33)40-24(2)38)36(5)18-10-7-11-19-36/h25-32H,6-22H2,1-5H3/q+1/t25?,26?,27?,28?,29-,30-,31?,32-,33?,34-/m0/s1. The van der Waals surface area contributed by atoms with Gasteiger partial charge in [-0.25, -0.2) is 0 Å². The van der Waals surface area contributed by atoms with Crippen LogP contribution < -0.4 is 0 Å². The van der Waals surface area contributed by atoms with Crippen molar-refractivity contribution in [2.75, 3.05) is 33.2 Å². The van der Waals surface area contributed by atoms with E-state index in [0.29, 0.717) is 35.3 Å². The van der Waals surface area contributed by atoms with Crippen LogP contribution in [0.4, 0.5) is 0 Å². The van der Waals surface area contributed by atoms with Gasteiger partial charge < -0.3 is 14.0 Å². The number of hydrogen-bond acceptors (Lipinski definition) is 5. The van der Waals surface area contributed by atoms with Crippen LogP contribution in [-0.4, -0.2) is 78.8 Å². The molecule has 2 aliphatic heterocycles. The van der Waals surface area contributed by atoms with Crippen molar-refractivity contribution >= 4 is 11.9 Å². The first-order valence-corrected chi connectivity index (χ1v) is 17.0. The third-order valence-corrected chi connectivity index (χ3v) is 13.7. The van der Waals surface area contributed by atoms with Crippen molar-refractivity contribution in [3.8, 4) is 0 Å². The maximum Gasteiger partial charge on any atom is 0.303 e. The summed E-state index contributed by atoms with van der Waals surface area (Å²) in [4.78, 5) is 27.4. The Hall–Kier alpha value is -1.14. The highest BCUT2D eigenvalue weighted by Crippen LogP contribution is 2.67. The SMILES string of the molecule is CC(=O)OC1CC2CCC3C4C[C@H]([N+]5(C)CCCCC5)[C@H](OC(C)=O)C4(C)CCC3[C@@]2(C)C[C@@H]1N1CCCCC1. The minimum absolute atomic E-state index is 0.0466. The third-order valence-electron chi connectivity index (χ3n) is 13.7. The first kappa shape index (κ1) is 29.0. The van der Waals surface area contributed by atoms with Gasteiger partial charge in [0.2, 0.25) is 0 Å². The summed E-state index contributed by atoms with van der Waals surface area (Å²) in [6, 6.07) is 0.796. The lowest BCUT2D eigenvalue weighted by molar-refractivity contribution is -0.940. The van der Waals surface area contributed by atoms with Gasteiger partial charge >= 0.3 is 11.9 Å². The van der Waals surface area contributed by atoms with E-state index in [1.807, 2.05) is 0 Å². The molecule has 226 valence electrons. The zero-order valence-electron chi connectivity index (χ0n) is 26.2. The van der Waals surface area contributed by atoms with E-state index >= 15 is 0 Å². The highest BCUT2D eigenvalue weighted by atomic mass is 16.5. The molecular formula is C34H57N2O4+. The van der Waals surface area contributed by atoms with Gasteiger partial charge in [-0.1, -0.05) is 20.3 Å². The number of quaternary nitrogens is 1. The number of likely N-dealkylation sites (N-methyl/N-ethyl adjacent to an activating group) is 1. The average Bonchev–Trinajstić information content (AvgIpc) is 3.21. The first-order chi connectivity index (χ1) is 19.0. The van der Waals surface area contributed by atoms with Gasteiger partial charge in [0, 0.05) is 31.7 Å². The van der Waals surface area contributed by atoms with Crippen molar-refractivity contribution < 1.29 is 23.5 Å². The molecular weight excluding hydrogens is 500 g/mol. The van der Waals surface area contributed by atoms with E-state index in [4.69, 9.17) is 9.47 Å². The van der Waals surface area contributed by atoms with E-state index in [1.54, 1.807) is 13.8 Å². The van der Waals surface area contributed by atoms with E-state index < -0.39 is 0 Å². The topological polar surface area (TPSA) is 55.8 Å². The first-order valence-electron chi connectivity index (χ1n) is 17.0. The second kappa shape index (κ2) is 10.8. The molecule has 2 heterocycles. The molecule has 0 radical (unpaired) electrons. The van der Waals surface area contributed by atoms with Crippen molar-refractivity contribution in [2.45, 2.75) is 135 Å². The summed E-state index contributed by atoms with van der Waals surface area (Å²) < 4.78 is 13.5. The van der Waals surface area contributed by atoms with E-state index in [1.165, 1.54) is 90.1 Å². The lowest BCUT2D eigenvalue weighted by Gasteiger charge is -2.62. The molecule has 0 aromatic carbocycles. The number of ether oxygens (including phenoxy) is 2. The van der Waals surface area contributed by atoms with Crippen LogP contribution in [0.1, 0.15) is 111 Å². The van der Waals surface area contributed by atoms with E-state index in [9.17, 15) is 9.59 Å². The van der Waals surface area contributed by atoms with Gasteiger partial charge in [-0.15, -0.1) is 0 Å². The largest absolute Gasteiger partial charge is 0.461 e. The van der Waals surface area contributed by atoms with Crippen molar-refractivity contribution in [3.05, 3.63) is 0 Å². The fourth-order valence-electron chi connectivity index (χ4n) is 11.7. The number of rotatable bonds is 4. The molecule has 10 atom stereocenters. The summed E-state index contributed by atoms with van der Waals surface area (Å²) >= 11 is 0. The molecule has 0 aromatic heterocycles. The Kier molecular flexibility index (Phi) is 7.85. The van der Waals surface area contributed by atoms with Crippen LogP contribution in [0.15, 0.2) is 0 Å². The fourth-order valence-corrected chi connectivity index (χ4v) is 11.7. The highest BCUT2D eigenvalue weighted by Gasteiger charge is 2.67. The van der Waals surface area contributed by atoms with Crippen molar-refractivity contribution in [2.24, 2.45) is 34.5 Å². The van der Waals surface area contributed by atoms with E-state index in [-0.39, 0.29) is 29.6 Å². The second-order valence-corrected chi connectivity index (χ2v) is 15.8. The Labute approximate surface area is 243 Å². The van der Waals surface area contributed by atoms with Gasteiger partial charge in [-0.05, 0) is 113 Å². The van der Waals surface area contributed by atoms with Gasteiger partial charge in [0.1, 0.15) is 12.1 Å². The summed E-state index contributed by atoms with van der Waals surface area (Å²) in [6.45, 7) is 13.1. The molecule has 0 bridgehead atoms. The predicted octanol–water partition coefficient (Wildman–Crippen LogP) is 5.97. The van der Waals surface area contributed by atoms with E-state index in [0.717, 1.165) is 29.9 Å². The van der Waals surface area contributed by atoms with Crippen LogP contribution in [0.3, 0.4) is 0 Å². The molecule has 0 amide bonds. The molecule has 6 unspecified atom stereocenters. The van der Waals surface area contributed by atoms with Gasteiger partial charge in [-0.3, -0.25) is 14.5 Å². The summed E-state index contributed by atoms with van der Waals surface area (Å²) in [7, 11) is 2.47. The van der Waals surface area contributed by atoms with Gasteiger partial charge in [0.15, 0.2) is 6.10 Å². The lowest BCUT2D eigenvalue weighted by Crippen LogP contribution is -2.61. The number of nitrogens with zero attached hydrogens (tertiary/aromatic N) is 2. The number of piperidine rings is 2. The quantitative estimate of drug-likeness (QED) is 0.315. The zero-order valence-corrected chi connectivity index (χ0v) is 26.2. The number of hydrogen-bond donors (Lipinski definition) is 0. The predicted molar refractivity (Wildman–Crippen MR) is 156 cm³/mol. The van der Waals surface area contributed by atoms with Crippen LogP contribution in [0.2, 0.25) is 0 Å². The summed E-state index contributed by atoms with van der Waals surface area (Å²) in [5, 5.41) is 0. The Bertz CT molecular complexity index is 958. The minimum atomic E-state index is -0.111. The summed E-state index contributed by atoms with van der Waals surface area (Å²) in [5.41, 5.74) is 0.377. The smallest absolute Gasteiger partial charge is 0.303 e. The second-order valence-electron chi connectivity index (χ2n) is 15.8. The Morgan fingerprint density at radius 3 is 2.15 bits per heavy atom. The van der Waals surface area contributed by atoms with Crippen LogP contribution in [0.25, 0.3) is 0 Å². The molecule has 6 nitrogen and oxygen atoms in total. The molecule has 0 aromatic rings. The molecule has 0 N–H and O–H groups in total. The van der Waals surface area contributed by atoms with Crippen LogP contribution >= 0.6 is 0 Å². The molecule has 6 rings (SSSR count). The number of esters is 2. The van der Waals surface area contributed by atoms with Crippen LogP contribution in [0, 0.1) is 34.5 Å². The van der Waals surface area contributed by atoms with E-state index in [2.05, 4.69) is 25.8 Å². The highest BCUT2D eigenvalue weighted by molar-refractivity contribution is 5.66. The van der Waals surface area contributed by atoms with Crippen molar-refractivity contribution in [1.82, 2.24) is 4.90 Å². The monoisotopic (exact) mass is 557 g/mol. The lowest BCUT2D eigenvalue weighted by atomic mass is 9.44. The van der Waals surface area contributed by atoms with Crippen LogP contribution in [0.5, 0.6) is 0 Å². The third kappa shape index (κ3) is 4.85. The molecule has 2 saturated heterocycles. The summed E-state index contributed by atoms with van der Waals surface area (Å²) in [6.07, 6.45) is 16.3. The molecule has 40 heavy (non-hydrogen) atoms. The molecule has 6 fully saturated rings. The maximum absolute atomic E-state index is 12.5. The van der Waals surface area contributed by atoms with Crippen molar-refractivity contribution in [3.63, 3.8) is 0 Å². The van der Waals surface area contributed by atoms with Gasteiger partial charge in [0.25, 0.3) is 0 Å².